The predicted octanol–water partition coefficient (Wildman–Crippen LogP) is -1.74. The van der Waals surface area contributed by atoms with Gasteiger partial charge >= 0.3 is 0 Å². The first-order valence-corrected chi connectivity index (χ1v) is 12.4. The standard InChI is InChI=1S/C26H28O15/c27-6-15-19(34)21(36)25(41-26-22(37)20(35)16(7-28)40-26)24(39-15)18-12(32)4-11(31)17-13(33)5-14(38-23(17)18)8-1-2-9(29)10(30)3-8/h1-5,15-16,19-22,24-32,34-37H,6-7H2/t15-,16+,19-,20+,21+,22-,24+,25-,26+/m1/s1. The largest absolute Gasteiger partial charge is 0.507 e. The number of hydrogen-bond acceptors (Lipinski definition) is 15. The molecule has 2 aromatic carbocycles. The fraction of sp³-hybridized carbons (Fsp3) is 0.423. The Balaban J connectivity index is 1.68. The first-order valence-electron chi connectivity index (χ1n) is 12.4. The van der Waals surface area contributed by atoms with Crippen LogP contribution >= 0.6 is 0 Å². The molecule has 5 rings (SSSR count). The number of aromatic hydroxyl groups is 4. The molecule has 2 fully saturated rings. The molecule has 3 heterocycles. The maximum absolute atomic E-state index is 13.1. The molecule has 10 N–H and O–H groups in total. The lowest BCUT2D eigenvalue weighted by molar-refractivity contribution is -0.289. The molecule has 0 unspecified atom stereocenters. The zero-order valence-corrected chi connectivity index (χ0v) is 21.0. The molecule has 2 saturated heterocycles. The molecule has 2 aliphatic rings. The number of ether oxygens (including phenoxy) is 3. The van der Waals surface area contributed by atoms with Crippen LogP contribution in [0.3, 0.4) is 0 Å². The molecule has 0 radical (unpaired) electrons. The Morgan fingerprint density at radius 1 is 0.732 bits per heavy atom. The highest BCUT2D eigenvalue weighted by Crippen LogP contribution is 2.45. The second kappa shape index (κ2) is 11.1. The van der Waals surface area contributed by atoms with Crippen molar-refractivity contribution in [3.8, 4) is 34.3 Å². The van der Waals surface area contributed by atoms with E-state index < -0.39 is 108 Å². The van der Waals surface area contributed by atoms with Gasteiger partial charge in [-0.05, 0) is 18.2 Å². The summed E-state index contributed by atoms with van der Waals surface area (Å²) in [6.45, 7) is -1.50. The van der Waals surface area contributed by atoms with Crippen LogP contribution in [0.1, 0.15) is 11.7 Å². The van der Waals surface area contributed by atoms with Crippen LogP contribution in [0.15, 0.2) is 39.5 Å². The van der Waals surface area contributed by atoms with Crippen LogP contribution in [-0.4, -0.2) is 113 Å². The number of phenolic OH excluding ortho intramolecular Hbond substituents is 4. The normalized spacial score (nSPS) is 32.0. The van der Waals surface area contributed by atoms with Crippen LogP contribution in [0.5, 0.6) is 23.0 Å². The summed E-state index contributed by atoms with van der Waals surface area (Å²) in [5.41, 5.74) is -1.53. The minimum absolute atomic E-state index is 0.112. The molecule has 222 valence electrons. The summed E-state index contributed by atoms with van der Waals surface area (Å²) in [4.78, 5) is 13.1. The number of benzene rings is 2. The molecular weight excluding hydrogens is 552 g/mol. The molecule has 3 aromatic rings. The third kappa shape index (κ3) is 4.97. The number of aliphatic hydroxyl groups excluding tert-OH is 6. The van der Waals surface area contributed by atoms with Crippen molar-refractivity contribution < 1.29 is 69.7 Å². The van der Waals surface area contributed by atoms with Crippen LogP contribution in [0.4, 0.5) is 0 Å². The summed E-state index contributed by atoms with van der Waals surface area (Å²) in [6.07, 6.45) is -14.7. The Kier molecular flexibility index (Phi) is 7.82. The van der Waals surface area contributed by atoms with Crippen molar-refractivity contribution in [1.29, 1.82) is 0 Å². The third-order valence-electron chi connectivity index (χ3n) is 7.20. The maximum Gasteiger partial charge on any atom is 0.197 e. The van der Waals surface area contributed by atoms with Gasteiger partial charge in [0, 0.05) is 17.7 Å². The Morgan fingerprint density at radius 3 is 2.02 bits per heavy atom. The van der Waals surface area contributed by atoms with Crippen molar-refractivity contribution in [1.82, 2.24) is 0 Å². The fourth-order valence-electron chi connectivity index (χ4n) is 5.02. The minimum Gasteiger partial charge on any atom is -0.507 e. The Labute approximate surface area is 229 Å². The average molecular weight is 580 g/mol. The van der Waals surface area contributed by atoms with Crippen molar-refractivity contribution >= 4 is 11.0 Å². The first-order chi connectivity index (χ1) is 19.5. The summed E-state index contributed by atoms with van der Waals surface area (Å²) in [5, 5.41) is 102. The van der Waals surface area contributed by atoms with Gasteiger partial charge in [-0.15, -0.1) is 0 Å². The van der Waals surface area contributed by atoms with Crippen molar-refractivity contribution in [3.05, 3.63) is 46.1 Å². The van der Waals surface area contributed by atoms with Gasteiger partial charge in [0.2, 0.25) is 0 Å². The Hall–Kier alpha value is -3.51. The lowest BCUT2D eigenvalue weighted by atomic mass is 9.89. The SMILES string of the molecule is O=c1cc(-c2ccc(O)c(O)c2)oc2c([C@@H]3O[C@H](CO)[C@@H](O)[C@H](O)[C@H]3O[C@@H]3O[C@@H](CO)[C@H](O)[C@H]3O)c(O)cc(O)c12. The maximum atomic E-state index is 13.1. The van der Waals surface area contributed by atoms with Crippen molar-refractivity contribution in [2.45, 2.75) is 55.1 Å². The summed E-state index contributed by atoms with van der Waals surface area (Å²) < 4.78 is 22.7. The zero-order valence-electron chi connectivity index (χ0n) is 21.0. The van der Waals surface area contributed by atoms with Gasteiger partial charge in [-0.2, -0.15) is 0 Å². The van der Waals surface area contributed by atoms with E-state index in [0.717, 1.165) is 24.3 Å². The van der Waals surface area contributed by atoms with E-state index in [1.807, 2.05) is 0 Å². The summed E-state index contributed by atoms with van der Waals surface area (Å²) >= 11 is 0. The topological polar surface area (TPSA) is 260 Å². The first kappa shape index (κ1) is 29.0. The van der Waals surface area contributed by atoms with Gasteiger partial charge in [0.05, 0.1) is 18.8 Å². The van der Waals surface area contributed by atoms with E-state index >= 15 is 0 Å². The quantitative estimate of drug-likeness (QED) is 0.145. The summed E-state index contributed by atoms with van der Waals surface area (Å²) in [5.74, 6) is -2.57. The molecule has 0 aliphatic carbocycles. The van der Waals surface area contributed by atoms with E-state index in [-0.39, 0.29) is 16.9 Å². The molecule has 0 saturated carbocycles. The van der Waals surface area contributed by atoms with E-state index in [1.165, 1.54) is 6.07 Å². The van der Waals surface area contributed by atoms with Gasteiger partial charge in [-0.1, -0.05) is 0 Å². The fourth-order valence-corrected chi connectivity index (χ4v) is 5.02. The second-order valence-electron chi connectivity index (χ2n) is 9.78. The lowest BCUT2D eigenvalue weighted by Gasteiger charge is -2.43. The van der Waals surface area contributed by atoms with E-state index in [4.69, 9.17) is 18.6 Å². The molecule has 2 aliphatic heterocycles. The highest BCUT2D eigenvalue weighted by molar-refractivity contribution is 5.89. The average Bonchev–Trinajstić information content (AvgIpc) is 3.21. The highest BCUT2D eigenvalue weighted by Gasteiger charge is 2.52. The summed E-state index contributed by atoms with van der Waals surface area (Å²) in [6, 6.07) is 5.33. The summed E-state index contributed by atoms with van der Waals surface area (Å²) in [7, 11) is 0. The van der Waals surface area contributed by atoms with Crippen LogP contribution in [0.25, 0.3) is 22.3 Å². The van der Waals surface area contributed by atoms with E-state index in [2.05, 4.69) is 0 Å². The minimum atomic E-state index is -1.88. The van der Waals surface area contributed by atoms with Gasteiger partial charge in [0.1, 0.15) is 71.5 Å². The smallest absolute Gasteiger partial charge is 0.197 e. The van der Waals surface area contributed by atoms with Gasteiger partial charge in [-0.25, -0.2) is 0 Å². The molecule has 0 bridgehead atoms. The van der Waals surface area contributed by atoms with E-state index in [0.29, 0.717) is 0 Å². The number of rotatable bonds is 6. The van der Waals surface area contributed by atoms with Crippen molar-refractivity contribution in [2.75, 3.05) is 13.2 Å². The second-order valence-corrected chi connectivity index (χ2v) is 9.78. The third-order valence-corrected chi connectivity index (χ3v) is 7.20. The molecule has 0 spiro atoms. The highest BCUT2D eigenvalue weighted by atomic mass is 16.7. The van der Waals surface area contributed by atoms with Crippen molar-refractivity contribution in [2.24, 2.45) is 0 Å². The molecule has 15 heteroatoms. The number of hydrogen-bond donors (Lipinski definition) is 10. The van der Waals surface area contributed by atoms with Crippen LogP contribution in [0.2, 0.25) is 0 Å². The Morgan fingerprint density at radius 2 is 1.39 bits per heavy atom. The molecule has 15 nitrogen and oxygen atoms in total. The van der Waals surface area contributed by atoms with Crippen LogP contribution in [0, 0.1) is 0 Å². The van der Waals surface area contributed by atoms with Gasteiger partial charge in [0.25, 0.3) is 0 Å². The number of phenols is 4. The molecule has 1 aromatic heterocycles. The van der Waals surface area contributed by atoms with E-state index in [9.17, 15) is 55.9 Å². The lowest BCUT2D eigenvalue weighted by Crippen LogP contribution is -2.57. The van der Waals surface area contributed by atoms with Crippen LogP contribution in [-0.2, 0) is 14.2 Å². The molecule has 9 atom stereocenters. The predicted molar refractivity (Wildman–Crippen MR) is 134 cm³/mol. The van der Waals surface area contributed by atoms with Crippen molar-refractivity contribution in [3.63, 3.8) is 0 Å². The van der Waals surface area contributed by atoms with E-state index in [1.54, 1.807) is 0 Å². The Bertz CT molecular complexity index is 1490. The molecular formula is C26H28O15. The molecule has 41 heavy (non-hydrogen) atoms. The van der Waals surface area contributed by atoms with Gasteiger partial charge < -0.3 is 69.7 Å². The zero-order chi connectivity index (χ0) is 29.7. The molecule has 0 amide bonds. The number of fused-ring (bicyclic) bond motifs is 1. The monoisotopic (exact) mass is 580 g/mol. The van der Waals surface area contributed by atoms with Gasteiger partial charge in [-0.3, -0.25) is 4.79 Å². The van der Waals surface area contributed by atoms with Crippen LogP contribution < -0.4 is 5.43 Å². The van der Waals surface area contributed by atoms with Gasteiger partial charge in [0.15, 0.2) is 28.8 Å². The number of aliphatic hydroxyl groups is 6.